The van der Waals surface area contributed by atoms with Crippen molar-refractivity contribution < 1.29 is 13.9 Å². The summed E-state index contributed by atoms with van der Waals surface area (Å²) in [5.41, 5.74) is 2.38. The molecular formula is C26H23FN2O2. The second kappa shape index (κ2) is 9.85. The van der Waals surface area contributed by atoms with Gasteiger partial charge in [0.2, 0.25) is 0 Å². The third-order valence-electron chi connectivity index (χ3n) is 5.16. The largest absolute Gasteiger partial charge is 0.494 e. The molecule has 0 spiro atoms. The van der Waals surface area contributed by atoms with Gasteiger partial charge in [0, 0.05) is 23.9 Å². The van der Waals surface area contributed by atoms with Crippen LogP contribution in [0.2, 0.25) is 0 Å². The van der Waals surface area contributed by atoms with E-state index in [0.717, 1.165) is 11.3 Å². The molecule has 1 heterocycles. The fourth-order valence-corrected chi connectivity index (χ4v) is 3.62. The monoisotopic (exact) mass is 414 g/mol. The molecule has 5 heteroatoms. The first-order chi connectivity index (χ1) is 15.2. The van der Waals surface area contributed by atoms with Crippen LogP contribution >= 0.6 is 0 Å². The number of rotatable bonds is 9. The van der Waals surface area contributed by atoms with Crippen LogP contribution in [0.3, 0.4) is 0 Å². The quantitative estimate of drug-likeness (QED) is 0.255. The Morgan fingerprint density at radius 3 is 2.42 bits per heavy atom. The molecule has 31 heavy (non-hydrogen) atoms. The Morgan fingerprint density at radius 2 is 1.68 bits per heavy atom. The summed E-state index contributed by atoms with van der Waals surface area (Å²) in [5.74, 6) is 0.0831. The molecule has 0 amide bonds. The smallest absolute Gasteiger partial charge is 0.172 e. The molecule has 4 nitrogen and oxygen atoms in total. The summed E-state index contributed by atoms with van der Waals surface area (Å²) in [6.07, 6.45) is 4.85. The van der Waals surface area contributed by atoms with Gasteiger partial charge in [-0.15, -0.1) is 0 Å². The standard InChI is InChI=1S/C26H23FN2O2/c27-21-13-15-22(16-14-21)31-19-6-11-23(20-8-2-1-3-9-20)26(30)24-10-4-5-12-25(24)29-18-7-17-28-29/h1-5,7-10,12-18,23H,6,11,19H2. The van der Waals surface area contributed by atoms with Crippen LogP contribution in [-0.2, 0) is 0 Å². The molecular weight excluding hydrogens is 391 g/mol. The van der Waals surface area contributed by atoms with E-state index in [4.69, 9.17) is 4.74 Å². The number of nitrogens with zero attached hydrogens (tertiary/aromatic N) is 2. The Morgan fingerprint density at radius 1 is 0.935 bits per heavy atom. The molecule has 0 aliphatic carbocycles. The molecule has 0 aliphatic rings. The van der Waals surface area contributed by atoms with Gasteiger partial charge in [-0.3, -0.25) is 4.79 Å². The lowest BCUT2D eigenvalue weighted by atomic mass is 9.86. The van der Waals surface area contributed by atoms with Crippen LogP contribution < -0.4 is 4.74 Å². The van der Waals surface area contributed by atoms with E-state index in [2.05, 4.69) is 5.10 Å². The summed E-state index contributed by atoms with van der Waals surface area (Å²) in [4.78, 5) is 13.6. The van der Waals surface area contributed by atoms with Crippen molar-refractivity contribution in [1.29, 1.82) is 0 Å². The van der Waals surface area contributed by atoms with Gasteiger partial charge in [0.25, 0.3) is 0 Å². The molecule has 1 atom stereocenters. The van der Waals surface area contributed by atoms with E-state index in [9.17, 15) is 9.18 Å². The highest BCUT2D eigenvalue weighted by Gasteiger charge is 2.24. The van der Waals surface area contributed by atoms with Gasteiger partial charge in [-0.1, -0.05) is 42.5 Å². The van der Waals surface area contributed by atoms with Gasteiger partial charge in [-0.25, -0.2) is 9.07 Å². The van der Waals surface area contributed by atoms with Crippen LogP contribution in [0.1, 0.15) is 34.7 Å². The third-order valence-corrected chi connectivity index (χ3v) is 5.16. The van der Waals surface area contributed by atoms with Crippen molar-refractivity contribution in [2.24, 2.45) is 0 Å². The highest BCUT2D eigenvalue weighted by molar-refractivity contribution is 6.03. The van der Waals surface area contributed by atoms with Gasteiger partial charge in [0.1, 0.15) is 11.6 Å². The maximum atomic E-state index is 13.6. The number of benzene rings is 3. The maximum absolute atomic E-state index is 13.6. The minimum atomic E-state index is -0.297. The van der Waals surface area contributed by atoms with Crippen LogP contribution in [-0.4, -0.2) is 22.2 Å². The van der Waals surface area contributed by atoms with Crippen LogP contribution in [0, 0.1) is 5.82 Å². The van der Waals surface area contributed by atoms with Crippen molar-refractivity contribution in [3.8, 4) is 11.4 Å². The van der Waals surface area contributed by atoms with E-state index in [1.54, 1.807) is 23.0 Å². The maximum Gasteiger partial charge on any atom is 0.172 e. The Labute approximate surface area is 180 Å². The third kappa shape index (κ3) is 5.07. The molecule has 0 saturated heterocycles. The molecule has 0 bridgehead atoms. The van der Waals surface area contributed by atoms with E-state index < -0.39 is 0 Å². The van der Waals surface area contributed by atoms with Crippen LogP contribution in [0.4, 0.5) is 4.39 Å². The number of aromatic nitrogens is 2. The van der Waals surface area contributed by atoms with Crippen molar-refractivity contribution in [2.75, 3.05) is 6.61 Å². The summed E-state index contributed by atoms with van der Waals surface area (Å²) in [5, 5.41) is 4.29. The number of ether oxygens (including phenoxy) is 1. The summed E-state index contributed by atoms with van der Waals surface area (Å²) >= 11 is 0. The van der Waals surface area contributed by atoms with Gasteiger partial charge in [-0.05, 0) is 60.9 Å². The molecule has 1 aromatic heterocycles. The van der Waals surface area contributed by atoms with Gasteiger partial charge in [0.05, 0.1) is 12.3 Å². The van der Waals surface area contributed by atoms with Crippen molar-refractivity contribution in [1.82, 2.24) is 9.78 Å². The van der Waals surface area contributed by atoms with Gasteiger partial charge < -0.3 is 4.74 Å². The second-order valence-electron chi connectivity index (χ2n) is 7.24. The molecule has 0 aliphatic heterocycles. The Kier molecular flexibility index (Phi) is 6.53. The topological polar surface area (TPSA) is 44.1 Å². The molecule has 0 saturated carbocycles. The van der Waals surface area contributed by atoms with Crippen molar-refractivity contribution in [2.45, 2.75) is 18.8 Å². The minimum absolute atomic E-state index is 0.0547. The van der Waals surface area contributed by atoms with Crippen molar-refractivity contribution in [3.05, 3.63) is 114 Å². The molecule has 4 aromatic rings. The van der Waals surface area contributed by atoms with E-state index in [-0.39, 0.29) is 17.5 Å². The molecule has 0 fully saturated rings. The Balaban J connectivity index is 1.52. The van der Waals surface area contributed by atoms with Gasteiger partial charge in [-0.2, -0.15) is 5.10 Å². The minimum Gasteiger partial charge on any atom is -0.494 e. The van der Waals surface area contributed by atoms with Crippen molar-refractivity contribution >= 4 is 5.78 Å². The Bertz CT molecular complexity index is 1110. The summed E-state index contributed by atoms with van der Waals surface area (Å²) in [6.45, 7) is 0.447. The van der Waals surface area contributed by atoms with E-state index in [0.29, 0.717) is 30.8 Å². The number of Topliss-reactive ketones (excluding diaryl/α,β-unsaturated/α-hetero) is 1. The molecule has 4 rings (SSSR count). The van der Waals surface area contributed by atoms with Gasteiger partial charge in [0.15, 0.2) is 5.78 Å². The highest BCUT2D eigenvalue weighted by atomic mass is 19.1. The predicted octanol–water partition coefficient (Wildman–Crippen LogP) is 5.84. The molecule has 1 unspecified atom stereocenters. The fraction of sp³-hybridized carbons (Fsp3) is 0.154. The first-order valence-electron chi connectivity index (χ1n) is 10.3. The number of hydrogen-bond acceptors (Lipinski definition) is 3. The summed E-state index contributed by atoms with van der Waals surface area (Å²) in [6, 6.07) is 25.1. The number of para-hydroxylation sites is 1. The zero-order valence-corrected chi connectivity index (χ0v) is 17.0. The number of carbonyl (C=O) groups is 1. The number of ketones is 1. The van der Waals surface area contributed by atoms with Crippen molar-refractivity contribution in [3.63, 3.8) is 0 Å². The number of carbonyl (C=O) groups excluding carboxylic acids is 1. The lowest BCUT2D eigenvalue weighted by molar-refractivity contribution is 0.0951. The first-order valence-corrected chi connectivity index (χ1v) is 10.3. The average molecular weight is 414 g/mol. The normalized spacial score (nSPS) is 11.8. The van der Waals surface area contributed by atoms with Crippen LogP contribution in [0.25, 0.3) is 5.69 Å². The highest BCUT2D eigenvalue weighted by Crippen LogP contribution is 2.28. The van der Waals surface area contributed by atoms with E-state index in [1.807, 2.05) is 66.9 Å². The van der Waals surface area contributed by atoms with Crippen LogP contribution in [0.15, 0.2) is 97.3 Å². The predicted molar refractivity (Wildman–Crippen MR) is 118 cm³/mol. The zero-order chi connectivity index (χ0) is 21.5. The molecule has 3 aromatic carbocycles. The fourth-order valence-electron chi connectivity index (χ4n) is 3.62. The summed E-state index contributed by atoms with van der Waals surface area (Å²) < 4.78 is 20.5. The number of hydrogen-bond donors (Lipinski definition) is 0. The molecule has 0 radical (unpaired) electrons. The van der Waals surface area contributed by atoms with E-state index >= 15 is 0 Å². The lowest BCUT2D eigenvalue weighted by Gasteiger charge is -2.18. The lowest BCUT2D eigenvalue weighted by Crippen LogP contribution is -2.17. The zero-order valence-electron chi connectivity index (χ0n) is 17.0. The van der Waals surface area contributed by atoms with E-state index in [1.165, 1.54) is 12.1 Å². The second-order valence-corrected chi connectivity index (χ2v) is 7.24. The molecule has 156 valence electrons. The molecule has 0 N–H and O–H groups in total. The SMILES string of the molecule is O=C(c1ccccc1-n1cccn1)C(CCCOc1ccc(F)cc1)c1ccccc1. The van der Waals surface area contributed by atoms with Crippen LogP contribution in [0.5, 0.6) is 5.75 Å². The first kappa shape index (κ1) is 20.5. The summed E-state index contributed by atoms with van der Waals surface area (Å²) in [7, 11) is 0. The number of halogens is 1. The average Bonchev–Trinajstić information content (AvgIpc) is 3.35. The van der Waals surface area contributed by atoms with Gasteiger partial charge >= 0.3 is 0 Å². The Hall–Kier alpha value is -3.73.